The third-order valence-corrected chi connectivity index (χ3v) is 4.99. The Hall–Kier alpha value is -3.28. The molecule has 1 aliphatic carbocycles. The van der Waals surface area contributed by atoms with Crippen LogP contribution in [0.3, 0.4) is 0 Å². The zero-order valence-electron chi connectivity index (χ0n) is 15.7. The Morgan fingerprint density at radius 2 is 1.82 bits per heavy atom. The van der Waals surface area contributed by atoms with Crippen molar-refractivity contribution in [1.82, 2.24) is 9.97 Å². The number of fused-ring (bicyclic) bond motifs is 1. The number of Topliss-reactive ketones (excluding diaryl/α,β-unsaturated/α-hetero) is 1. The lowest BCUT2D eigenvalue weighted by atomic mass is 9.81. The van der Waals surface area contributed by atoms with Crippen molar-refractivity contribution < 1.29 is 13.9 Å². The van der Waals surface area contributed by atoms with Crippen LogP contribution in [0, 0.1) is 12.7 Å². The first-order valence-electron chi connectivity index (χ1n) is 9.11. The van der Waals surface area contributed by atoms with Gasteiger partial charge in [-0.2, -0.15) is 0 Å². The SMILES string of the molecule is COc1ccccc1[C@@H]1CC(=O)c2c(C)nc(Nc3ccc(F)cc3)nc2C1. The number of nitrogens with zero attached hydrogens (tertiary/aromatic N) is 2. The van der Waals surface area contributed by atoms with E-state index in [-0.39, 0.29) is 17.5 Å². The molecule has 0 radical (unpaired) electrons. The average Bonchev–Trinajstić information content (AvgIpc) is 2.69. The fourth-order valence-electron chi connectivity index (χ4n) is 3.72. The summed E-state index contributed by atoms with van der Waals surface area (Å²) in [5.74, 6) is 0.918. The van der Waals surface area contributed by atoms with Crippen LogP contribution in [0.2, 0.25) is 0 Å². The molecule has 28 heavy (non-hydrogen) atoms. The summed E-state index contributed by atoms with van der Waals surface area (Å²) in [6.45, 7) is 1.82. The highest BCUT2D eigenvalue weighted by molar-refractivity contribution is 5.99. The molecule has 5 nitrogen and oxygen atoms in total. The predicted octanol–water partition coefficient (Wildman–Crippen LogP) is 4.59. The van der Waals surface area contributed by atoms with Crippen LogP contribution in [-0.2, 0) is 6.42 Å². The highest BCUT2D eigenvalue weighted by Gasteiger charge is 2.31. The van der Waals surface area contributed by atoms with Crippen molar-refractivity contribution in [2.24, 2.45) is 0 Å². The normalized spacial score (nSPS) is 15.8. The van der Waals surface area contributed by atoms with Crippen LogP contribution in [-0.4, -0.2) is 22.9 Å². The van der Waals surface area contributed by atoms with Crippen molar-refractivity contribution in [3.05, 3.63) is 76.9 Å². The van der Waals surface area contributed by atoms with Gasteiger partial charge in [-0.05, 0) is 49.2 Å². The second-order valence-electron chi connectivity index (χ2n) is 6.86. The molecule has 0 bridgehead atoms. The molecular weight excluding hydrogens is 357 g/mol. The lowest BCUT2D eigenvalue weighted by molar-refractivity contribution is 0.0961. The Labute approximate surface area is 162 Å². The van der Waals surface area contributed by atoms with Crippen molar-refractivity contribution in [3.8, 4) is 5.75 Å². The molecule has 0 amide bonds. The van der Waals surface area contributed by atoms with Gasteiger partial charge in [-0.25, -0.2) is 14.4 Å². The van der Waals surface area contributed by atoms with Gasteiger partial charge in [0.2, 0.25) is 5.95 Å². The minimum absolute atomic E-state index is 0.00382. The predicted molar refractivity (Wildman–Crippen MR) is 105 cm³/mol. The zero-order valence-corrected chi connectivity index (χ0v) is 15.7. The number of ketones is 1. The number of carbonyl (C=O) groups excluding carboxylic acids is 1. The number of anilines is 2. The molecule has 0 fully saturated rings. The molecule has 1 heterocycles. The van der Waals surface area contributed by atoms with Crippen LogP contribution in [0.25, 0.3) is 0 Å². The van der Waals surface area contributed by atoms with Gasteiger partial charge < -0.3 is 10.1 Å². The molecule has 1 aromatic heterocycles. The zero-order chi connectivity index (χ0) is 19.7. The Balaban J connectivity index is 1.68. The highest BCUT2D eigenvalue weighted by atomic mass is 19.1. The Morgan fingerprint density at radius 3 is 2.57 bits per heavy atom. The fourth-order valence-corrected chi connectivity index (χ4v) is 3.72. The van der Waals surface area contributed by atoms with E-state index in [1.807, 2.05) is 31.2 Å². The lowest BCUT2D eigenvalue weighted by Crippen LogP contribution is -2.23. The largest absolute Gasteiger partial charge is 0.496 e. The van der Waals surface area contributed by atoms with Crippen molar-refractivity contribution in [2.45, 2.75) is 25.7 Å². The summed E-state index contributed by atoms with van der Waals surface area (Å²) in [7, 11) is 1.63. The average molecular weight is 377 g/mol. The number of hydrogen-bond acceptors (Lipinski definition) is 5. The van der Waals surface area contributed by atoms with Gasteiger partial charge in [0.1, 0.15) is 11.6 Å². The smallest absolute Gasteiger partial charge is 0.227 e. The molecule has 142 valence electrons. The Morgan fingerprint density at radius 1 is 1.07 bits per heavy atom. The summed E-state index contributed by atoms with van der Waals surface area (Å²) in [6, 6.07) is 13.7. The molecule has 4 rings (SSSR count). The van der Waals surface area contributed by atoms with Gasteiger partial charge in [0, 0.05) is 18.0 Å². The third-order valence-electron chi connectivity index (χ3n) is 4.99. The maximum absolute atomic E-state index is 13.1. The van der Waals surface area contributed by atoms with E-state index in [0.717, 1.165) is 17.0 Å². The summed E-state index contributed by atoms with van der Waals surface area (Å²) in [4.78, 5) is 21.8. The number of para-hydroxylation sites is 1. The maximum atomic E-state index is 13.1. The van der Waals surface area contributed by atoms with Gasteiger partial charge in [-0.1, -0.05) is 18.2 Å². The first kappa shape index (κ1) is 18.1. The number of aryl methyl sites for hydroxylation is 1. The van der Waals surface area contributed by atoms with Gasteiger partial charge in [0.15, 0.2) is 5.78 Å². The second kappa shape index (κ2) is 7.38. The number of hydrogen-bond donors (Lipinski definition) is 1. The topological polar surface area (TPSA) is 64.1 Å². The van der Waals surface area contributed by atoms with Crippen LogP contribution < -0.4 is 10.1 Å². The molecule has 0 spiro atoms. The van der Waals surface area contributed by atoms with Crippen molar-refractivity contribution >= 4 is 17.4 Å². The van der Waals surface area contributed by atoms with Crippen LogP contribution in [0.15, 0.2) is 48.5 Å². The Bertz CT molecular complexity index is 1030. The molecule has 6 heteroatoms. The minimum Gasteiger partial charge on any atom is -0.496 e. The van der Waals surface area contributed by atoms with E-state index in [1.54, 1.807) is 19.2 Å². The third kappa shape index (κ3) is 3.45. The van der Waals surface area contributed by atoms with E-state index in [2.05, 4.69) is 15.3 Å². The van der Waals surface area contributed by atoms with E-state index in [0.29, 0.717) is 35.7 Å². The molecule has 3 aromatic rings. The van der Waals surface area contributed by atoms with Gasteiger partial charge >= 0.3 is 0 Å². The summed E-state index contributed by atoms with van der Waals surface area (Å²) in [5.41, 5.74) is 3.68. The van der Waals surface area contributed by atoms with Gasteiger partial charge in [0.05, 0.1) is 24.1 Å². The molecule has 1 N–H and O–H groups in total. The van der Waals surface area contributed by atoms with Crippen LogP contribution in [0.4, 0.5) is 16.0 Å². The number of nitrogens with one attached hydrogen (secondary N) is 1. The number of halogens is 1. The molecule has 0 saturated carbocycles. The molecule has 1 atom stereocenters. The molecule has 0 aliphatic heterocycles. The van der Waals surface area contributed by atoms with Crippen molar-refractivity contribution in [1.29, 1.82) is 0 Å². The lowest BCUT2D eigenvalue weighted by Gasteiger charge is -2.25. The summed E-state index contributed by atoms with van der Waals surface area (Å²) in [6.07, 6.45) is 1.03. The van der Waals surface area contributed by atoms with Gasteiger partial charge in [-0.3, -0.25) is 4.79 Å². The quantitative estimate of drug-likeness (QED) is 0.720. The second-order valence-corrected chi connectivity index (χ2v) is 6.86. The number of carbonyl (C=O) groups is 1. The van der Waals surface area contributed by atoms with Crippen molar-refractivity contribution in [3.63, 3.8) is 0 Å². The summed E-state index contributed by atoms with van der Waals surface area (Å²) < 4.78 is 18.6. The van der Waals surface area contributed by atoms with Crippen LogP contribution in [0.1, 0.15) is 39.6 Å². The molecule has 0 unspecified atom stereocenters. The molecule has 0 saturated heterocycles. The first-order valence-corrected chi connectivity index (χ1v) is 9.11. The number of benzene rings is 2. The number of methoxy groups -OCH3 is 1. The van der Waals surface area contributed by atoms with Gasteiger partial charge in [0.25, 0.3) is 0 Å². The summed E-state index contributed by atoms with van der Waals surface area (Å²) in [5, 5.41) is 3.09. The maximum Gasteiger partial charge on any atom is 0.227 e. The van der Waals surface area contributed by atoms with E-state index in [9.17, 15) is 9.18 Å². The fraction of sp³-hybridized carbons (Fsp3) is 0.227. The molecule has 1 aliphatic rings. The van der Waals surface area contributed by atoms with E-state index in [1.165, 1.54) is 12.1 Å². The standard InChI is InChI=1S/C22H20FN3O2/c1-13-21-18(26-22(24-13)25-16-9-7-15(23)8-10-16)11-14(12-19(21)27)17-5-3-4-6-20(17)28-2/h3-10,14H,11-12H2,1-2H3,(H,24,25,26)/t14-/m0/s1. The number of aromatic nitrogens is 2. The van der Waals surface area contributed by atoms with Crippen LogP contribution >= 0.6 is 0 Å². The molecule has 2 aromatic carbocycles. The monoisotopic (exact) mass is 377 g/mol. The number of rotatable bonds is 4. The minimum atomic E-state index is -0.307. The Kier molecular flexibility index (Phi) is 4.77. The van der Waals surface area contributed by atoms with E-state index < -0.39 is 0 Å². The molecular formula is C22H20FN3O2. The van der Waals surface area contributed by atoms with E-state index in [4.69, 9.17) is 4.74 Å². The first-order chi connectivity index (χ1) is 13.5. The highest BCUT2D eigenvalue weighted by Crippen LogP contribution is 2.37. The summed E-state index contributed by atoms with van der Waals surface area (Å²) >= 11 is 0. The van der Waals surface area contributed by atoms with Crippen molar-refractivity contribution in [2.75, 3.05) is 12.4 Å². The number of ether oxygens (including phenoxy) is 1. The van der Waals surface area contributed by atoms with Gasteiger partial charge in [-0.15, -0.1) is 0 Å². The van der Waals surface area contributed by atoms with E-state index >= 15 is 0 Å². The van der Waals surface area contributed by atoms with Crippen LogP contribution in [0.5, 0.6) is 5.75 Å².